The van der Waals surface area contributed by atoms with Crippen LogP contribution in [-0.2, 0) is 88.8 Å². The quantitative estimate of drug-likeness (QED) is 0.0209. The summed E-state index contributed by atoms with van der Waals surface area (Å²) in [4.78, 5) is 23.6. The van der Waals surface area contributed by atoms with E-state index in [1.54, 1.807) is 177 Å². The van der Waals surface area contributed by atoms with E-state index in [2.05, 4.69) is 51.0 Å². The highest BCUT2D eigenvalue weighted by Crippen LogP contribution is 2.41. The summed E-state index contributed by atoms with van der Waals surface area (Å²) in [6, 6.07) is 47.6. The Labute approximate surface area is 703 Å². The second-order valence-electron chi connectivity index (χ2n) is 27.8. The van der Waals surface area contributed by atoms with E-state index >= 15 is 16.8 Å². The number of tetrazole rings is 2. The third-order valence-electron chi connectivity index (χ3n) is 17.0. The number of carbonyl (C=O) groups is 2. The molecule has 32 nitrogen and oxygen atoms in total. The highest BCUT2D eigenvalue weighted by Gasteiger charge is 2.40. The topological polar surface area (TPSA) is 386 Å². The standard InChI is InChI=1S/2C39H46IN7O9S2/c1-39(2,3)56-38(48)41-22-7-23-42-57(49,50)34-21-20-33(40)35(37-43-44-45-47(37)26-29-12-18-32(55-6)19-13-29)36(34)58(51,52)46(24-27-8-14-30(53-4)15-9-27)25-28-10-16-31(54-5)17-11-28;1-39(2,3)56-38(48)41-22-7-23-42-57(49,50)34-21-20-33(40)35(37-43-45-47(44-37)26-29-12-18-32(55-6)19-13-29)36(34)58(51,52)46(24-27-8-14-30(53-4)15-9-27)25-28-10-16-31(54-5)17-11-28/h2*8-21,42H,7,22-26H2,1-6H3,(H,41,48). The molecule has 0 aliphatic heterocycles. The molecule has 0 spiro atoms. The molecule has 0 bridgehead atoms. The summed E-state index contributed by atoms with van der Waals surface area (Å²) in [5, 5.41) is 30.5. The summed E-state index contributed by atoms with van der Waals surface area (Å²) < 4.78 is 171. The largest absolute Gasteiger partial charge is 0.497 e. The zero-order valence-corrected chi connectivity index (χ0v) is 73.4. The van der Waals surface area contributed by atoms with Crippen LogP contribution in [0.5, 0.6) is 34.5 Å². The summed E-state index contributed by atoms with van der Waals surface area (Å²) in [6.45, 7) is 10.1. The van der Waals surface area contributed by atoms with Crippen LogP contribution < -0.4 is 48.5 Å². The van der Waals surface area contributed by atoms with E-state index in [1.165, 1.54) is 70.8 Å². The number of methoxy groups -OCH3 is 6. The average molecular weight is 1900 g/mol. The van der Waals surface area contributed by atoms with Crippen molar-refractivity contribution in [3.05, 3.63) is 210 Å². The van der Waals surface area contributed by atoms with Gasteiger partial charge in [0.1, 0.15) is 65.3 Å². The molecule has 0 atom stereocenters. The van der Waals surface area contributed by atoms with Crippen molar-refractivity contribution in [3.8, 4) is 57.3 Å². The fourth-order valence-electron chi connectivity index (χ4n) is 11.3. The first-order valence-electron chi connectivity index (χ1n) is 36.0. The number of alkyl carbamates (subject to hydrolysis) is 2. The molecular weight excluding hydrogens is 1800 g/mol. The number of carbonyl (C=O) groups excluding carboxylic acids is 2. The minimum Gasteiger partial charge on any atom is -0.497 e. The zero-order chi connectivity index (χ0) is 84.2. The molecule has 2 aromatic heterocycles. The molecule has 0 aliphatic rings. The van der Waals surface area contributed by atoms with Crippen molar-refractivity contribution in [2.45, 2.75) is 124 Å². The maximum absolute atomic E-state index is 15.5. The molecule has 10 rings (SSSR count). The van der Waals surface area contributed by atoms with Crippen molar-refractivity contribution < 1.29 is 81.2 Å². The fraction of sp³-hybridized carbons (Fsp3) is 0.333. The molecule has 2 heterocycles. The number of hydrogen-bond acceptors (Lipinski definition) is 24. The Morgan fingerprint density at radius 3 is 1.06 bits per heavy atom. The molecule has 620 valence electrons. The number of benzene rings is 8. The number of sulfonamides is 4. The minimum atomic E-state index is -4.74. The predicted octanol–water partition coefficient (Wildman–Crippen LogP) is 11.2. The van der Waals surface area contributed by atoms with Crippen LogP contribution >= 0.6 is 45.2 Å². The van der Waals surface area contributed by atoms with Crippen LogP contribution in [0, 0.1) is 7.14 Å². The first kappa shape index (κ1) is 90.3. The number of hydrogen-bond donors (Lipinski definition) is 4. The Hall–Kier alpha value is -9.66. The maximum Gasteiger partial charge on any atom is 0.407 e. The van der Waals surface area contributed by atoms with Crippen LogP contribution in [-0.4, -0.2) is 175 Å². The van der Waals surface area contributed by atoms with Crippen molar-refractivity contribution >= 4 is 97.5 Å². The lowest BCUT2D eigenvalue weighted by molar-refractivity contribution is 0.0516. The number of halogens is 2. The molecule has 10 aromatic rings. The van der Waals surface area contributed by atoms with E-state index in [1.807, 2.05) is 69.4 Å². The molecule has 38 heteroatoms. The summed E-state index contributed by atoms with van der Waals surface area (Å²) >= 11 is 3.91. The van der Waals surface area contributed by atoms with Crippen LogP contribution in [0.4, 0.5) is 9.59 Å². The van der Waals surface area contributed by atoms with Crippen molar-refractivity contribution in [1.29, 1.82) is 0 Å². The van der Waals surface area contributed by atoms with Gasteiger partial charge in [-0.25, -0.2) is 57.4 Å². The van der Waals surface area contributed by atoms with E-state index in [9.17, 15) is 26.4 Å². The van der Waals surface area contributed by atoms with Crippen LogP contribution in [0.3, 0.4) is 0 Å². The van der Waals surface area contributed by atoms with E-state index < -0.39 is 83.1 Å². The lowest BCUT2D eigenvalue weighted by Crippen LogP contribution is -2.35. The molecule has 116 heavy (non-hydrogen) atoms. The van der Waals surface area contributed by atoms with Crippen LogP contribution in [0.1, 0.15) is 87.8 Å². The number of aromatic nitrogens is 8. The number of nitrogens with one attached hydrogen (secondary N) is 4. The SMILES string of the molecule is COc1ccc(CN(Cc2ccc(OC)cc2)S(=O)(=O)c2c(S(=O)(=O)NCCCNC(=O)OC(C)(C)C)ccc(I)c2-c2nnn(Cc3ccc(OC)cc3)n2)cc1.COc1ccc(CN(Cc2ccc(OC)cc2)S(=O)(=O)c2c(S(=O)(=O)NCCCNC(=O)OC(C)(C)C)ccc(I)c2-c2nnnn2Cc2ccc(OC)cc2)cc1. The van der Waals surface area contributed by atoms with Gasteiger partial charge in [-0.15, -0.1) is 15.3 Å². The molecule has 0 saturated carbocycles. The Morgan fingerprint density at radius 1 is 0.405 bits per heavy atom. The summed E-state index contributed by atoms with van der Waals surface area (Å²) in [5.74, 6) is 3.57. The third-order valence-corrected chi connectivity index (χ3v) is 25.8. The maximum atomic E-state index is 15.5. The summed E-state index contributed by atoms with van der Waals surface area (Å²) in [7, 11) is -9.28. The molecule has 4 N–H and O–H groups in total. The highest BCUT2D eigenvalue weighted by atomic mass is 127. The third kappa shape index (κ3) is 24.9. The number of rotatable bonds is 36. The zero-order valence-electron chi connectivity index (χ0n) is 65.9. The van der Waals surface area contributed by atoms with Gasteiger partial charge >= 0.3 is 12.2 Å². The van der Waals surface area contributed by atoms with Crippen LogP contribution in [0.25, 0.3) is 22.8 Å². The first-order valence-corrected chi connectivity index (χ1v) is 44.0. The molecular formula is C78H92I2N14O18S4. The van der Waals surface area contributed by atoms with Crippen LogP contribution in [0.2, 0.25) is 0 Å². The highest BCUT2D eigenvalue weighted by molar-refractivity contribution is 14.1. The van der Waals surface area contributed by atoms with Gasteiger partial charge in [-0.1, -0.05) is 72.8 Å². The molecule has 8 aromatic carbocycles. The van der Waals surface area contributed by atoms with Crippen molar-refractivity contribution in [2.75, 3.05) is 68.8 Å². The van der Waals surface area contributed by atoms with Crippen molar-refractivity contribution in [1.82, 2.24) is 69.1 Å². The normalized spacial score (nSPS) is 12.0. The van der Waals surface area contributed by atoms with E-state index in [4.69, 9.17) is 37.9 Å². The second-order valence-corrected chi connectivity index (χ2v) is 37.3. The Bertz CT molecular complexity index is 5350. The molecule has 0 fully saturated rings. The molecule has 0 aliphatic carbocycles. The van der Waals surface area contributed by atoms with Crippen molar-refractivity contribution in [2.24, 2.45) is 0 Å². The average Bonchev–Trinajstić information content (AvgIpc) is 1.19. The minimum absolute atomic E-state index is 0.00282. The number of amides is 2. The number of ether oxygens (including phenoxy) is 8. The Morgan fingerprint density at radius 2 is 0.724 bits per heavy atom. The van der Waals surface area contributed by atoms with Gasteiger partial charge in [0.25, 0.3) is 0 Å². The van der Waals surface area contributed by atoms with E-state index in [0.29, 0.717) is 63.9 Å². The van der Waals surface area contributed by atoms with Gasteiger partial charge in [0, 0.05) is 59.5 Å². The molecule has 0 radical (unpaired) electrons. The first-order chi connectivity index (χ1) is 55.1. The smallest absolute Gasteiger partial charge is 0.407 e. The summed E-state index contributed by atoms with van der Waals surface area (Å²) in [5.41, 5.74) is 2.62. The van der Waals surface area contributed by atoms with Gasteiger partial charge < -0.3 is 48.5 Å². The second kappa shape index (κ2) is 40.5. The van der Waals surface area contributed by atoms with Gasteiger partial charge in [0.15, 0.2) is 5.82 Å². The summed E-state index contributed by atoms with van der Waals surface area (Å²) in [6.07, 6.45) is -0.932. The van der Waals surface area contributed by atoms with Crippen molar-refractivity contribution in [3.63, 3.8) is 0 Å². The predicted molar refractivity (Wildman–Crippen MR) is 449 cm³/mol. The monoisotopic (exact) mass is 1890 g/mol. The van der Waals surface area contributed by atoms with E-state index in [-0.39, 0.29) is 101 Å². The molecule has 2 amide bonds. The Kier molecular flexibility index (Phi) is 31.5. The van der Waals surface area contributed by atoms with Gasteiger partial charge in [0.05, 0.1) is 66.9 Å². The fourth-order valence-corrected chi connectivity index (χ4v) is 20.0. The van der Waals surface area contributed by atoms with Gasteiger partial charge in [0.2, 0.25) is 45.9 Å². The van der Waals surface area contributed by atoms with Crippen LogP contribution in [0.15, 0.2) is 189 Å². The van der Waals surface area contributed by atoms with Gasteiger partial charge in [-0.3, -0.25) is 0 Å². The number of nitrogens with zero attached hydrogens (tertiary/aromatic N) is 10. The van der Waals surface area contributed by atoms with Gasteiger partial charge in [-0.05, 0) is 246 Å². The van der Waals surface area contributed by atoms with Gasteiger partial charge in [-0.2, -0.15) is 13.4 Å². The molecule has 0 saturated heterocycles. The molecule has 0 unspecified atom stereocenters. The lowest BCUT2D eigenvalue weighted by Gasteiger charge is -2.26. The van der Waals surface area contributed by atoms with E-state index in [0.717, 1.165) is 11.1 Å². The Balaban J connectivity index is 0.000000265. The lowest BCUT2D eigenvalue weighted by atomic mass is 10.2.